The molecule has 1 aromatic carbocycles. The Morgan fingerprint density at radius 3 is 2.67 bits per heavy atom. The molecule has 0 bridgehead atoms. The van der Waals surface area contributed by atoms with Crippen molar-refractivity contribution in [2.24, 2.45) is 5.92 Å². The molecule has 24 heavy (non-hydrogen) atoms. The van der Waals surface area contributed by atoms with Gasteiger partial charge in [-0.1, -0.05) is 0 Å². The van der Waals surface area contributed by atoms with Crippen LogP contribution in [0.15, 0.2) is 42.6 Å². The highest BCUT2D eigenvalue weighted by Crippen LogP contribution is 2.30. The van der Waals surface area contributed by atoms with E-state index in [1.807, 2.05) is 12.1 Å². The van der Waals surface area contributed by atoms with Gasteiger partial charge in [0.15, 0.2) is 0 Å². The molecule has 2 heterocycles. The van der Waals surface area contributed by atoms with Crippen molar-refractivity contribution in [1.82, 2.24) is 4.98 Å². The zero-order valence-electron chi connectivity index (χ0n) is 13.4. The van der Waals surface area contributed by atoms with Crippen LogP contribution in [-0.2, 0) is 11.2 Å². The first-order valence-electron chi connectivity index (χ1n) is 8.39. The maximum atomic E-state index is 12.8. The van der Waals surface area contributed by atoms with Crippen LogP contribution in [0.2, 0.25) is 0 Å². The Morgan fingerprint density at radius 2 is 1.92 bits per heavy atom. The fourth-order valence-electron chi connectivity index (χ4n) is 3.05. The smallest absolute Gasteiger partial charge is 0.258 e. The van der Waals surface area contributed by atoms with Gasteiger partial charge in [0.05, 0.1) is 11.4 Å². The largest absolute Gasteiger partial charge is 0.326 e. The summed E-state index contributed by atoms with van der Waals surface area (Å²) in [5, 5.41) is 2.89. The second-order valence-electron chi connectivity index (χ2n) is 6.37. The third-order valence-electron chi connectivity index (χ3n) is 4.54. The molecule has 0 atom stereocenters. The lowest BCUT2D eigenvalue weighted by molar-refractivity contribution is -0.117. The van der Waals surface area contributed by atoms with Gasteiger partial charge >= 0.3 is 0 Å². The highest BCUT2D eigenvalue weighted by molar-refractivity contribution is 6.07. The van der Waals surface area contributed by atoms with Crippen molar-refractivity contribution in [3.8, 4) is 0 Å². The number of aromatic nitrogens is 1. The van der Waals surface area contributed by atoms with Crippen molar-refractivity contribution in [1.29, 1.82) is 0 Å². The number of fused-ring (bicyclic) bond motifs is 1. The number of nitrogens with one attached hydrogen (secondary N) is 1. The third kappa shape index (κ3) is 2.89. The van der Waals surface area contributed by atoms with Gasteiger partial charge in [-0.25, -0.2) is 0 Å². The number of hydrogen-bond donors (Lipinski definition) is 1. The molecule has 2 amide bonds. The van der Waals surface area contributed by atoms with Crippen LogP contribution in [-0.4, -0.2) is 23.3 Å². The lowest BCUT2D eigenvalue weighted by atomic mass is 10.1. The van der Waals surface area contributed by atoms with Crippen LogP contribution < -0.4 is 10.2 Å². The van der Waals surface area contributed by atoms with Crippen LogP contribution in [0.3, 0.4) is 0 Å². The molecule has 1 N–H and O–H groups in total. The minimum absolute atomic E-state index is 0.0241. The molecule has 5 heteroatoms. The van der Waals surface area contributed by atoms with Crippen LogP contribution in [0.25, 0.3) is 0 Å². The van der Waals surface area contributed by atoms with E-state index in [9.17, 15) is 9.59 Å². The Balaban J connectivity index is 1.51. The van der Waals surface area contributed by atoms with Crippen molar-refractivity contribution in [3.63, 3.8) is 0 Å². The van der Waals surface area contributed by atoms with Crippen LogP contribution in [0.4, 0.5) is 11.4 Å². The molecule has 5 nitrogen and oxygen atoms in total. The number of nitrogens with zero attached hydrogens (tertiary/aromatic N) is 2. The number of rotatable bonds is 3. The van der Waals surface area contributed by atoms with Gasteiger partial charge in [0.1, 0.15) is 0 Å². The summed E-state index contributed by atoms with van der Waals surface area (Å²) < 4.78 is 0. The van der Waals surface area contributed by atoms with Crippen molar-refractivity contribution in [2.75, 3.05) is 16.8 Å². The number of benzene rings is 1. The maximum Gasteiger partial charge on any atom is 0.258 e. The van der Waals surface area contributed by atoms with Crippen LogP contribution in [0.5, 0.6) is 0 Å². The summed E-state index contributed by atoms with van der Waals surface area (Å²) >= 11 is 0. The molecule has 1 aliphatic carbocycles. The highest BCUT2D eigenvalue weighted by atomic mass is 16.2. The maximum absolute atomic E-state index is 12.8. The Morgan fingerprint density at radius 1 is 1.12 bits per heavy atom. The number of hydrogen-bond acceptors (Lipinski definition) is 3. The van der Waals surface area contributed by atoms with Gasteiger partial charge in [0.2, 0.25) is 5.91 Å². The van der Waals surface area contributed by atoms with Crippen molar-refractivity contribution in [3.05, 3.63) is 53.9 Å². The Bertz CT molecular complexity index is 781. The van der Waals surface area contributed by atoms with E-state index in [-0.39, 0.29) is 17.7 Å². The van der Waals surface area contributed by atoms with E-state index >= 15 is 0 Å². The molecule has 1 aromatic heterocycles. The van der Waals surface area contributed by atoms with E-state index in [0.29, 0.717) is 12.1 Å². The van der Waals surface area contributed by atoms with Gasteiger partial charge in [-0.2, -0.15) is 0 Å². The minimum Gasteiger partial charge on any atom is -0.326 e. The monoisotopic (exact) mass is 321 g/mol. The molecule has 1 fully saturated rings. The van der Waals surface area contributed by atoms with Gasteiger partial charge < -0.3 is 10.2 Å². The summed E-state index contributed by atoms with van der Waals surface area (Å²) in [5.74, 6) is 0.220. The SMILES string of the molecule is O=C(Nc1ccc(C(=O)N2CCCc3ncccc32)cc1)C1CC1. The zero-order valence-corrected chi connectivity index (χ0v) is 13.4. The number of pyridine rings is 1. The van der Waals surface area contributed by atoms with E-state index in [1.165, 1.54) is 0 Å². The summed E-state index contributed by atoms with van der Waals surface area (Å²) in [5.41, 5.74) is 3.24. The average molecular weight is 321 g/mol. The van der Waals surface area contributed by atoms with E-state index in [4.69, 9.17) is 0 Å². The van der Waals surface area contributed by atoms with E-state index in [2.05, 4.69) is 10.3 Å². The van der Waals surface area contributed by atoms with E-state index < -0.39 is 0 Å². The summed E-state index contributed by atoms with van der Waals surface area (Å²) in [6.07, 6.45) is 5.55. The molecular weight excluding hydrogens is 302 g/mol. The molecule has 0 unspecified atom stereocenters. The van der Waals surface area contributed by atoms with Crippen LogP contribution in [0.1, 0.15) is 35.3 Å². The number of aryl methyl sites for hydroxylation is 1. The second kappa shape index (κ2) is 6.07. The number of anilines is 2. The normalized spacial score (nSPS) is 16.4. The van der Waals surface area contributed by atoms with E-state index in [1.54, 1.807) is 35.4 Å². The first kappa shape index (κ1) is 14.9. The number of carbonyl (C=O) groups is 2. The lowest BCUT2D eigenvalue weighted by Gasteiger charge is -2.28. The van der Waals surface area contributed by atoms with E-state index in [0.717, 1.165) is 42.8 Å². The molecule has 0 radical (unpaired) electrons. The summed E-state index contributed by atoms with van der Waals surface area (Å²) in [6, 6.07) is 10.9. The molecule has 1 saturated carbocycles. The van der Waals surface area contributed by atoms with Gasteiger partial charge in [-0.15, -0.1) is 0 Å². The minimum atomic E-state index is -0.0241. The van der Waals surface area contributed by atoms with Crippen molar-refractivity contribution in [2.45, 2.75) is 25.7 Å². The highest BCUT2D eigenvalue weighted by Gasteiger charge is 2.29. The molecule has 2 aromatic rings. The molecule has 0 saturated heterocycles. The Kier molecular flexibility index (Phi) is 3.76. The Hall–Kier alpha value is -2.69. The predicted octanol–water partition coefficient (Wildman–Crippen LogP) is 3.02. The summed E-state index contributed by atoms with van der Waals surface area (Å²) in [7, 11) is 0. The van der Waals surface area contributed by atoms with Crippen LogP contribution >= 0.6 is 0 Å². The molecule has 0 spiro atoms. The first-order chi connectivity index (χ1) is 11.7. The van der Waals surface area contributed by atoms with Gasteiger partial charge in [0.25, 0.3) is 5.91 Å². The molecular formula is C19H19N3O2. The Labute approximate surface area is 140 Å². The van der Waals surface area contributed by atoms with Crippen molar-refractivity contribution < 1.29 is 9.59 Å². The van der Waals surface area contributed by atoms with Gasteiger partial charge in [-0.05, 0) is 62.1 Å². The third-order valence-corrected chi connectivity index (χ3v) is 4.54. The average Bonchev–Trinajstić information content (AvgIpc) is 3.46. The van der Waals surface area contributed by atoms with Crippen molar-refractivity contribution >= 4 is 23.2 Å². The summed E-state index contributed by atoms with van der Waals surface area (Å²) in [6.45, 7) is 0.706. The van der Waals surface area contributed by atoms with Crippen LogP contribution in [0, 0.1) is 5.92 Å². The zero-order chi connectivity index (χ0) is 16.5. The standard InChI is InChI=1S/C19H19N3O2/c23-18(13-5-6-13)21-15-9-7-14(8-10-15)19(24)22-12-2-3-16-17(22)4-1-11-20-16/h1,4,7-11,13H,2-3,5-6,12H2,(H,21,23). The summed E-state index contributed by atoms with van der Waals surface area (Å²) in [4.78, 5) is 30.8. The quantitative estimate of drug-likeness (QED) is 0.945. The number of amides is 2. The fourth-order valence-corrected chi connectivity index (χ4v) is 3.05. The van der Waals surface area contributed by atoms with Gasteiger partial charge in [-0.3, -0.25) is 14.6 Å². The number of carbonyl (C=O) groups excluding carboxylic acids is 2. The molecule has 122 valence electrons. The fraction of sp³-hybridized carbons (Fsp3) is 0.316. The van der Waals surface area contributed by atoms with Gasteiger partial charge in [0, 0.05) is 29.9 Å². The molecule has 1 aliphatic heterocycles. The second-order valence-corrected chi connectivity index (χ2v) is 6.37. The molecule has 2 aliphatic rings. The lowest BCUT2D eigenvalue weighted by Crippen LogP contribution is -2.35. The topological polar surface area (TPSA) is 62.3 Å². The first-order valence-corrected chi connectivity index (χ1v) is 8.39. The molecule has 4 rings (SSSR count). The predicted molar refractivity (Wildman–Crippen MR) is 92.0 cm³/mol.